The number of aromatic nitrogens is 1. The van der Waals surface area contributed by atoms with Crippen molar-refractivity contribution in [1.29, 1.82) is 0 Å². The molecule has 62 heavy (non-hydrogen) atoms. The predicted molar refractivity (Wildman–Crippen MR) is 215 cm³/mol. The minimum atomic E-state index is -4.94. The van der Waals surface area contributed by atoms with E-state index in [4.69, 9.17) is 18.9 Å². The van der Waals surface area contributed by atoms with Crippen LogP contribution in [0.2, 0.25) is 0 Å². The third-order valence-electron chi connectivity index (χ3n) is 12.7. The Morgan fingerprint density at radius 1 is 1.11 bits per heavy atom. The monoisotopic (exact) mass is 895 g/mol. The second kappa shape index (κ2) is 17.0. The van der Waals surface area contributed by atoms with Crippen molar-refractivity contribution < 1.29 is 64.1 Å². The van der Waals surface area contributed by atoms with Crippen LogP contribution in [0.3, 0.4) is 0 Å². The quantitative estimate of drug-likeness (QED) is 0.217. The lowest BCUT2D eigenvalue weighted by Gasteiger charge is -2.35. The first-order chi connectivity index (χ1) is 29.2. The average Bonchev–Trinajstić information content (AvgIpc) is 4.13. The minimum absolute atomic E-state index is 0.0249. The molecule has 7 atom stereocenters. The van der Waals surface area contributed by atoms with Gasteiger partial charge in [0.05, 0.1) is 25.5 Å². The summed E-state index contributed by atoms with van der Waals surface area (Å²) in [5, 5.41) is 5.27. The summed E-state index contributed by atoms with van der Waals surface area (Å²) in [5.41, 5.74) is -3.90. The van der Waals surface area contributed by atoms with Gasteiger partial charge in [-0.25, -0.2) is 17.6 Å². The number of ether oxygens (including phenoxy) is 4. The van der Waals surface area contributed by atoms with Gasteiger partial charge in [-0.1, -0.05) is 32.4 Å². The Morgan fingerprint density at radius 3 is 2.53 bits per heavy atom. The van der Waals surface area contributed by atoms with Gasteiger partial charge in [0.1, 0.15) is 23.7 Å². The largest absolute Gasteiger partial charge is 0.494 e. The maximum Gasteiger partial charge on any atom is 0.427 e. The second-order valence-corrected chi connectivity index (χ2v) is 19.6. The molecule has 5 aliphatic rings. The van der Waals surface area contributed by atoms with Crippen LogP contribution in [0, 0.1) is 23.6 Å². The number of carbonyl (C=O) groups is 4. The van der Waals surface area contributed by atoms with Crippen molar-refractivity contribution in [3.05, 3.63) is 35.7 Å². The molecule has 0 spiro atoms. The number of methoxy groups -OCH3 is 1. The number of hydrogen-bond donors (Lipinski definition) is 3. The molecule has 340 valence electrons. The van der Waals surface area contributed by atoms with E-state index >= 15 is 9.18 Å². The summed E-state index contributed by atoms with van der Waals surface area (Å²) in [6, 6.07) is -0.178. The van der Waals surface area contributed by atoms with Gasteiger partial charge in [0, 0.05) is 23.3 Å². The molecule has 1 aromatic carbocycles. The molecule has 2 aromatic rings. The smallest absolute Gasteiger partial charge is 0.427 e. The molecule has 20 heteroatoms. The lowest BCUT2D eigenvalue weighted by atomic mass is 9.85. The van der Waals surface area contributed by atoms with Gasteiger partial charge in [0.15, 0.2) is 11.6 Å². The van der Waals surface area contributed by atoms with Crippen LogP contribution in [0.25, 0.3) is 10.8 Å². The van der Waals surface area contributed by atoms with E-state index in [2.05, 4.69) is 20.3 Å². The molecule has 0 radical (unpaired) electrons. The fourth-order valence-corrected chi connectivity index (χ4v) is 10.0. The molecular weight excluding hydrogens is 843 g/mol. The van der Waals surface area contributed by atoms with Crippen LogP contribution >= 0.6 is 0 Å². The molecule has 4 amide bonds. The Labute approximate surface area is 357 Å². The molecule has 0 bridgehead atoms. The number of fused-ring (bicyclic) bond motifs is 5. The van der Waals surface area contributed by atoms with Crippen LogP contribution in [0.1, 0.15) is 91.0 Å². The summed E-state index contributed by atoms with van der Waals surface area (Å²) in [5.74, 6) is -4.42. The molecule has 2 aliphatic carbocycles. The van der Waals surface area contributed by atoms with Crippen molar-refractivity contribution in [2.45, 2.75) is 133 Å². The zero-order chi connectivity index (χ0) is 44.9. The number of aryl methyl sites for hydroxylation is 1. The highest BCUT2D eigenvalue weighted by molar-refractivity contribution is 7.91. The lowest BCUT2D eigenvalue weighted by molar-refractivity contribution is -0.244. The predicted octanol–water partition coefficient (Wildman–Crippen LogP) is 5.38. The zero-order valence-corrected chi connectivity index (χ0v) is 36.0. The Bertz CT molecular complexity index is 2250. The summed E-state index contributed by atoms with van der Waals surface area (Å²) >= 11 is 0. The van der Waals surface area contributed by atoms with Crippen molar-refractivity contribution >= 4 is 44.6 Å². The van der Waals surface area contributed by atoms with E-state index in [1.54, 1.807) is 13.0 Å². The van der Waals surface area contributed by atoms with Crippen LogP contribution in [0.5, 0.6) is 17.5 Å². The van der Waals surface area contributed by atoms with Crippen molar-refractivity contribution in [2.24, 2.45) is 17.8 Å². The number of carbonyl (C=O) groups excluding carboxylic acids is 4. The summed E-state index contributed by atoms with van der Waals surface area (Å²) in [4.78, 5) is 62.6. The lowest BCUT2D eigenvalue weighted by Crippen LogP contribution is -2.59. The highest BCUT2D eigenvalue weighted by Gasteiger charge is 2.62. The molecule has 3 aliphatic heterocycles. The standard InChI is InChI=1S/C42H53F4N5O10S/c1-6-23-16-22(2)10-7-8-11-24-20-41(24,38(54)50-62(56,57)26-13-14-26)49-34(52)31-17-25(21-51(31)37(53)33(23)47-39(55)61-40(3,4)42(44,45)46)60-36-29-18-30(43)32(58-5)19-28(29)27-12-9-15-59-35(27)48-36/h8,11,18-19,22-26,31,33H,6-7,9-10,12-17,20-21H2,1-5H3,(H,47,55)(H,49,52)(H,50,54)/b11-8-/t22-,23-,24?,25-,31+,33+,41-/m1/s1. The van der Waals surface area contributed by atoms with E-state index in [0.717, 1.165) is 4.90 Å². The van der Waals surface area contributed by atoms with Gasteiger partial charge in [-0.15, -0.1) is 0 Å². The molecule has 4 heterocycles. The zero-order valence-electron chi connectivity index (χ0n) is 35.2. The van der Waals surface area contributed by atoms with Gasteiger partial charge in [-0.2, -0.15) is 18.2 Å². The van der Waals surface area contributed by atoms with Gasteiger partial charge in [0.2, 0.25) is 39.2 Å². The van der Waals surface area contributed by atoms with E-state index in [1.165, 1.54) is 19.2 Å². The Hall–Kier alpha value is -4.88. The second-order valence-electron chi connectivity index (χ2n) is 17.6. The number of pyridine rings is 1. The molecular formula is C42H53F4N5O10S. The molecule has 15 nitrogen and oxygen atoms in total. The fraction of sp³-hybridized carbons (Fsp3) is 0.643. The summed E-state index contributed by atoms with van der Waals surface area (Å²) < 4.78 is 107. The third kappa shape index (κ3) is 9.11. The van der Waals surface area contributed by atoms with Crippen LogP contribution in [-0.4, -0.2) is 103 Å². The fourth-order valence-electron chi connectivity index (χ4n) is 8.66. The van der Waals surface area contributed by atoms with E-state index in [-0.39, 0.29) is 48.2 Å². The molecule has 3 fully saturated rings. The highest BCUT2D eigenvalue weighted by atomic mass is 32.2. The van der Waals surface area contributed by atoms with Crippen LogP contribution in [0.4, 0.5) is 22.4 Å². The van der Waals surface area contributed by atoms with Crippen molar-refractivity contribution in [1.82, 2.24) is 25.2 Å². The molecule has 2 saturated carbocycles. The Morgan fingerprint density at radius 2 is 1.85 bits per heavy atom. The topological polar surface area (TPSA) is 192 Å². The normalized spacial score (nSPS) is 28.8. The summed E-state index contributed by atoms with van der Waals surface area (Å²) in [6.07, 6.45) is -0.219. The number of rotatable bonds is 9. The first-order valence-electron chi connectivity index (χ1n) is 21.1. The number of amides is 4. The van der Waals surface area contributed by atoms with Gasteiger partial charge in [0.25, 0.3) is 5.91 Å². The average molecular weight is 896 g/mol. The minimum Gasteiger partial charge on any atom is -0.494 e. The number of nitrogens with one attached hydrogen (secondary N) is 3. The number of benzene rings is 1. The van der Waals surface area contributed by atoms with Crippen LogP contribution in [0.15, 0.2) is 24.3 Å². The number of nitrogens with zero attached hydrogens (tertiary/aromatic N) is 2. The molecule has 3 N–H and O–H groups in total. The molecule has 7 rings (SSSR count). The summed E-state index contributed by atoms with van der Waals surface area (Å²) in [6.45, 7) is 5.11. The number of alkyl carbamates (subject to hydrolysis) is 1. The van der Waals surface area contributed by atoms with Crippen molar-refractivity contribution in [3.63, 3.8) is 0 Å². The van der Waals surface area contributed by atoms with Crippen LogP contribution < -0.4 is 29.6 Å². The first kappa shape index (κ1) is 45.2. The molecule has 1 aromatic heterocycles. The van der Waals surface area contributed by atoms with Crippen molar-refractivity contribution in [3.8, 4) is 17.5 Å². The SMILES string of the molecule is CC[C@@H]1C[C@H](C)CC/C=C\C2C[C@@]2(C(=O)NS(=O)(=O)C2CC2)NC(=O)[C@@H]2C[C@@H](Oc3nc4c(c5cc(OC)c(F)cc35)CCCO4)CN2C(=O)[C@H]1NC(=O)OC(C)(C)C(F)(F)F. The Kier molecular flexibility index (Phi) is 12.4. The highest BCUT2D eigenvalue weighted by Crippen LogP contribution is 2.47. The van der Waals surface area contributed by atoms with E-state index < -0.39 is 92.2 Å². The van der Waals surface area contributed by atoms with Gasteiger partial charge < -0.3 is 34.5 Å². The summed E-state index contributed by atoms with van der Waals surface area (Å²) in [7, 11) is -2.69. The van der Waals surface area contributed by atoms with E-state index in [9.17, 15) is 36.0 Å². The van der Waals surface area contributed by atoms with Gasteiger partial charge >= 0.3 is 12.3 Å². The number of halogens is 4. The number of sulfonamides is 1. The van der Waals surface area contributed by atoms with Crippen LogP contribution in [-0.2, 0) is 35.6 Å². The van der Waals surface area contributed by atoms with Gasteiger partial charge in [-0.05, 0) is 94.6 Å². The van der Waals surface area contributed by atoms with Crippen molar-refractivity contribution in [2.75, 3.05) is 20.3 Å². The first-order valence-corrected chi connectivity index (χ1v) is 22.6. The molecule has 1 saturated heterocycles. The van der Waals surface area contributed by atoms with E-state index in [0.29, 0.717) is 82.8 Å². The third-order valence-corrected chi connectivity index (χ3v) is 14.5. The maximum atomic E-state index is 15.3. The van der Waals surface area contributed by atoms with Gasteiger partial charge in [-0.3, -0.25) is 19.1 Å². The number of alkyl halides is 3. The maximum absolute atomic E-state index is 15.3. The van der Waals surface area contributed by atoms with E-state index in [1.807, 2.05) is 13.0 Å². The number of allylic oxidation sites excluding steroid dienone is 1. The Balaban J connectivity index is 1.27. The molecule has 1 unspecified atom stereocenters. The number of hydrogen-bond acceptors (Lipinski definition) is 11.